The number of hydrogen-bond donors (Lipinski definition) is 2. The molecule has 0 bridgehead atoms. The Balaban J connectivity index is 1.60. The number of carbonyl (C=O) groups is 2. The number of hydrogen-bond acceptors (Lipinski definition) is 4. The average molecular weight is 406 g/mol. The molecule has 148 valence electrons. The van der Waals surface area contributed by atoms with Crippen LogP contribution in [0, 0.1) is 0 Å². The number of carbonyl (C=O) groups excluding carboxylic acids is 2. The normalized spacial score (nSPS) is 16.1. The topological polar surface area (TPSA) is 61.4 Å². The number of nitrogens with zero attached hydrogens (tertiary/aromatic N) is 1. The minimum Gasteiger partial charge on any atom is -0.322 e. The second-order valence-corrected chi connectivity index (χ2v) is 8.48. The highest BCUT2D eigenvalue weighted by molar-refractivity contribution is 7.10. The highest BCUT2D eigenvalue weighted by Gasteiger charge is 2.43. The highest BCUT2D eigenvalue weighted by atomic mass is 32.1. The maximum Gasteiger partial charge on any atom is 0.250 e. The zero-order chi connectivity index (χ0) is 20.4. The van der Waals surface area contributed by atoms with Gasteiger partial charge in [0.15, 0.2) is 0 Å². The van der Waals surface area contributed by atoms with E-state index in [9.17, 15) is 9.59 Å². The van der Waals surface area contributed by atoms with Crippen molar-refractivity contribution in [2.45, 2.75) is 25.4 Å². The van der Waals surface area contributed by atoms with Crippen LogP contribution < -0.4 is 15.5 Å². The summed E-state index contributed by atoms with van der Waals surface area (Å²) in [5, 5.41) is 8.33. The maximum absolute atomic E-state index is 13.3. The summed E-state index contributed by atoms with van der Waals surface area (Å²) in [4.78, 5) is 28.7. The molecule has 2 aromatic carbocycles. The lowest BCUT2D eigenvalue weighted by Gasteiger charge is -2.42. The molecule has 0 radical (unpaired) electrons. The van der Waals surface area contributed by atoms with Crippen molar-refractivity contribution < 1.29 is 9.59 Å². The number of fused-ring (bicyclic) bond motifs is 1. The Morgan fingerprint density at radius 3 is 2.52 bits per heavy atom. The largest absolute Gasteiger partial charge is 0.322 e. The second kappa shape index (κ2) is 7.81. The van der Waals surface area contributed by atoms with Crippen molar-refractivity contribution in [2.75, 3.05) is 16.8 Å². The molecular weight excluding hydrogens is 382 g/mol. The van der Waals surface area contributed by atoms with Gasteiger partial charge in [-0.25, -0.2) is 0 Å². The predicted molar refractivity (Wildman–Crippen MR) is 117 cm³/mol. The fraction of sp³-hybridized carbons (Fsp3) is 0.217. The van der Waals surface area contributed by atoms with E-state index < -0.39 is 5.54 Å². The molecule has 4 rings (SSSR count). The van der Waals surface area contributed by atoms with Crippen molar-refractivity contribution in [2.24, 2.45) is 0 Å². The third-order valence-corrected chi connectivity index (χ3v) is 6.11. The lowest BCUT2D eigenvalue weighted by Crippen LogP contribution is -2.60. The number of nitrogens with one attached hydrogen (secondary N) is 2. The van der Waals surface area contributed by atoms with Gasteiger partial charge >= 0.3 is 0 Å². The monoisotopic (exact) mass is 405 g/mol. The van der Waals surface area contributed by atoms with Gasteiger partial charge in [0.1, 0.15) is 5.54 Å². The van der Waals surface area contributed by atoms with Crippen LogP contribution in [-0.4, -0.2) is 23.9 Å². The van der Waals surface area contributed by atoms with E-state index in [1.165, 1.54) is 0 Å². The number of rotatable bonds is 5. The second-order valence-electron chi connectivity index (χ2n) is 7.50. The zero-order valence-electron chi connectivity index (χ0n) is 16.4. The van der Waals surface area contributed by atoms with Gasteiger partial charge in [0.05, 0.1) is 24.0 Å². The third-order valence-electron chi connectivity index (χ3n) is 5.18. The van der Waals surface area contributed by atoms with Crippen molar-refractivity contribution >= 4 is 34.5 Å². The molecule has 0 fully saturated rings. The lowest BCUT2D eigenvalue weighted by atomic mass is 9.96. The summed E-state index contributed by atoms with van der Waals surface area (Å²) in [6, 6.07) is 21.5. The van der Waals surface area contributed by atoms with Gasteiger partial charge in [-0.1, -0.05) is 48.5 Å². The Labute approximate surface area is 174 Å². The third kappa shape index (κ3) is 3.69. The van der Waals surface area contributed by atoms with Crippen LogP contribution in [0.2, 0.25) is 0 Å². The molecule has 2 heterocycles. The van der Waals surface area contributed by atoms with Gasteiger partial charge in [0, 0.05) is 4.88 Å². The summed E-state index contributed by atoms with van der Waals surface area (Å²) in [5.41, 5.74) is 1.50. The Morgan fingerprint density at radius 2 is 1.79 bits per heavy atom. The Hall–Kier alpha value is -2.96. The van der Waals surface area contributed by atoms with E-state index in [0.29, 0.717) is 5.69 Å². The first-order valence-electron chi connectivity index (χ1n) is 9.54. The molecular formula is C23H23N3O2S. The van der Waals surface area contributed by atoms with E-state index in [0.717, 1.165) is 16.1 Å². The standard InChI is InChI=1S/C23H23N3O2S/c1-23(2)22(28)25-17-11-6-7-12-18(17)26(23)20(27)15-24-21(19-13-8-14-29-19)16-9-4-3-5-10-16/h3-14,21,24H,15H2,1-2H3,(H,25,28). The zero-order valence-corrected chi connectivity index (χ0v) is 17.2. The molecule has 0 aliphatic carbocycles. The first kappa shape index (κ1) is 19.4. The number of thiophene rings is 1. The summed E-state index contributed by atoms with van der Waals surface area (Å²) in [7, 11) is 0. The SMILES string of the molecule is CC1(C)C(=O)Nc2ccccc2N1C(=O)CNC(c1ccccc1)c1cccs1. The average Bonchev–Trinajstić information content (AvgIpc) is 3.24. The summed E-state index contributed by atoms with van der Waals surface area (Å²) < 4.78 is 0. The molecule has 0 spiro atoms. The van der Waals surface area contributed by atoms with Crippen LogP contribution in [0.4, 0.5) is 11.4 Å². The van der Waals surface area contributed by atoms with Gasteiger partial charge in [-0.2, -0.15) is 0 Å². The van der Waals surface area contributed by atoms with Gasteiger partial charge in [0.2, 0.25) is 11.8 Å². The number of amides is 2. The molecule has 1 unspecified atom stereocenters. The predicted octanol–water partition coefficient (Wildman–Crippen LogP) is 4.19. The quantitative estimate of drug-likeness (QED) is 0.669. The van der Waals surface area contributed by atoms with E-state index in [1.807, 2.05) is 53.9 Å². The van der Waals surface area contributed by atoms with Crippen molar-refractivity contribution in [3.63, 3.8) is 0 Å². The molecule has 6 heteroatoms. The highest BCUT2D eigenvalue weighted by Crippen LogP contribution is 2.36. The van der Waals surface area contributed by atoms with Crippen molar-refractivity contribution in [3.05, 3.63) is 82.6 Å². The molecule has 5 nitrogen and oxygen atoms in total. The summed E-state index contributed by atoms with van der Waals surface area (Å²) in [5.74, 6) is -0.336. The van der Waals surface area contributed by atoms with Crippen molar-refractivity contribution in [1.29, 1.82) is 0 Å². The molecule has 0 saturated carbocycles. The summed E-state index contributed by atoms with van der Waals surface area (Å²) >= 11 is 1.65. The van der Waals surface area contributed by atoms with E-state index in [1.54, 1.807) is 30.1 Å². The summed E-state index contributed by atoms with van der Waals surface area (Å²) in [6.45, 7) is 3.65. The van der Waals surface area contributed by atoms with Crippen LogP contribution in [0.25, 0.3) is 0 Å². The summed E-state index contributed by atoms with van der Waals surface area (Å²) in [6.07, 6.45) is 0. The van der Waals surface area contributed by atoms with Crippen LogP contribution in [0.15, 0.2) is 72.1 Å². The van der Waals surface area contributed by atoms with Gasteiger partial charge < -0.3 is 5.32 Å². The molecule has 2 amide bonds. The molecule has 3 aromatic rings. The van der Waals surface area contributed by atoms with Crippen LogP contribution >= 0.6 is 11.3 Å². The number of para-hydroxylation sites is 2. The van der Waals surface area contributed by atoms with Gasteiger partial charge in [0.25, 0.3) is 0 Å². The van der Waals surface area contributed by atoms with Gasteiger partial charge in [-0.3, -0.25) is 19.8 Å². The number of anilines is 2. The van der Waals surface area contributed by atoms with Crippen molar-refractivity contribution in [3.8, 4) is 0 Å². The molecule has 1 aliphatic heterocycles. The molecule has 2 N–H and O–H groups in total. The minimum atomic E-state index is -0.974. The Morgan fingerprint density at radius 1 is 1.07 bits per heavy atom. The van der Waals surface area contributed by atoms with Crippen LogP contribution in [-0.2, 0) is 9.59 Å². The molecule has 0 saturated heterocycles. The molecule has 1 aliphatic rings. The Kier molecular flexibility index (Phi) is 5.22. The van der Waals surface area contributed by atoms with Crippen LogP contribution in [0.5, 0.6) is 0 Å². The van der Waals surface area contributed by atoms with Gasteiger partial charge in [-0.05, 0) is 43.0 Å². The minimum absolute atomic E-state index is 0.0860. The van der Waals surface area contributed by atoms with E-state index >= 15 is 0 Å². The lowest BCUT2D eigenvalue weighted by molar-refractivity contribution is -0.126. The molecule has 29 heavy (non-hydrogen) atoms. The fourth-order valence-corrected chi connectivity index (χ4v) is 4.48. The van der Waals surface area contributed by atoms with Crippen LogP contribution in [0.1, 0.15) is 30.3 Å². The Bertz CT molecular complexity index is 1020. The number of benzene rings is 2. The fourth-order valence-electron chi connectivity index (χ4n) is 3.65. The smallest absolute Gasteiger partial charge is 0.250 e. The van der Waals surface area contributed by atoms with Gasteiger partial charge in [-0.15, -0.1) is 11.3 Å². The van der Waals surface area contributed by atoms with E-state index in [4.69, 9.17) is 0 Å². The first-order valence-corrected chi connectivity index (χ1v) is 10.4. The van der Waals surface area contributed by atoms with Crippen LogP contribution in [0.3, 0.4) is 0 Å². The molecule has 1 aromatic heterocycles. The van der Waals surface area contributed by atoms with Crippen molar-refractivity contribution in [1.82, 2.24) is 5.32 Å². The maximum atomic E-state index is 13.3. The first-order chi connectivity index (χ1) is 14.0. The van der Waals surface area contributed by atoms with E-state index in [-0.39, 0.29) is 24.4 Å². The van der Waals surface area contributed by atoms with E-state index in [2.05, 4.69) is 28.8 Å². The molecule has 1 atom stereocenters.